The second-order valence-electron chi connectivity index (χ2n) is 4.92. The van der Waals surface area contributed by atoms with Crippen LogP contribution in [0.5, 0.6) is 0 Å². The molecule has 2 aromatic heterocycles. The lowest BCUT2D eigenvalue weighted by molar-refractivity contribution is -0.141. The summed E-state index contributed by atoms with van der Waals surface area (Å²) in [5, 5.41) is 6.09. The molecule has 0 aliphatic rings. The van der Waals surface area contributed by atoms with Crippen LogP contribution in [0.15, 0.2) is 24.4 Å². The molecule has 0 radical (unpaired) electrons. The van der Waals surface area contributed by atoms with Gasteiger partial charge in [0.05, 0.1) is 12.6 Å². The summed E-state index contributed by atoms with van der Waals surface area (Å²) >= 11 is 5.78. The zero-order valence-corrected chi connectivity index (χ0v) is 13.2. The van der Waals surface area contributed by atoms with Crippen LogP contribution in [0.2, 0.25) is 5.15 Å². The van der Waals surface area contributed by atoms with Crippen molar-refractivity contribution in [1.82, 2.24) is 20.1 Å². The SMILES string of the molecule is CC(NC(=O)c1ccn(CCF)n1)c1ccc(C(F)(F)F)nc1Cl. The van der Waals surface area contributed by atoms with Gasteiger partial charge in [0, 0.05) is 11.8 Å². The van der Waals surface area contributed by atoms with Crippen LogP contribution in [0.4, 0.5) is 17.6 Å². The first-order valence-electron chi connectivity index (χ1n) is 6.86. The molecule has 0 saturated carbocycles. The molecule has 0 bridgehead atoms. The summed E-state index contributed by atoms with van der Waals surface area (Å²) in [6.45, 7) is 0.954. The fourth-order valence-corrected chi connectivity index (χ4v) is 2.29. The number of carbonyl (C=O) groups excluding carboxylic acids is 1. The quantitative estimate of drug-likeness (QED) is 0.653. The Morgan fingerprint density at radius 1 is 1.38 bits per heavy atom. The number of amides is 1. The average Bonchev–Trinajstić information content (AvgIpc) is 2.95. The van der Waals surface area contributed by atoms with Crippen LogP contribution in [-0.2, 0) is 12.7 Å². The Morgan fingerprint density at radius 3 is 2.67 bits per heavy atom. The van der Waals surface area contributed by atoms with Crippen molar-refractivity contribution in [3.8, 4) is 0 Å². The fraction of sp³-hybridized carbons (Fsp3) is 0.357. The molecule has 5 nitrogen and oxygen atoms in total. The van der Waals surface area contributed by atoms with Crippen LogP contribution < -0.4 is 5.32 Å². The summed E-state index contributed by atoms with van der Waals surface area (Å²) in [5.41, 5.74) is -0.813. The van der Waals surface area contributed by atoms with Crippen molar-refractivity contribution in [3.05, 3.63) is 46.5 Å². The van der Waals surface area contributed by atoms with Crippen LogP contribution in [0, 0.1) is 0 Å². The van der Waals surface area contributed by atoms with E-state index < -0.39 is 30.5 Å². The van der Waals surface area contributed by atoms with Gasteiger partial charge in [-0.3, -0.25) is 9.48 Å². The summed E-state index contributed by atoms with van der Waals surface area (Å²) < 4.78 is 51.2. The highest BCUT2D eigenvalue weighted by Gasteiger charge is 2.33. The number of rotatable bonds is 5. The number of alkyl halides is 4. The number of aromatic nitrogens is 3. The third-order valence-electron chi connectivity index (χ3n) is 3.17. The summed E-state index contributed by atoms with van der Waals surface area (Å²) in [7, 11) is 0. The molecular formula is C14H13ClF4N4O. The van der Waals surface area contributed by atoms with Crippen molar-refractivity contribution in [1.29, 1.82) is 0 Å². The molecule has 0 fully saturated rings. The zero-order valence-electron chi connectivity index (χ0n) is 12.4. The molecule has 0 spiro atoms. The normalized spacial score (nSPS) is 12.9. The number of halogens is 5. The molecule has 1 atom stereocenters. The van der Waals surface area contributed by atoms with Crippen molar-refractivity contribution in [3.63, 3.8) is 0 Å². The number of hydrogen-bond donors (Lipinski definition) is 1. The van der Waals surface area contributed by atoms with Gasteiger partial charge in [0.15, 0.2) is 0 Å². The van der Waals surface area contributed by atoms with E-state index in [4.69, 9.17) is 11.6 Å². The van der Waals surface area contributed by atoms with Crippen molar-refractivity contribution in [2.45, 2.75) is 25.7 Å². The van der Waals surface area contributed by atoms with Gasteiger partial charge >= 0.3 is 6.18 Å². The summed E-state index contributed by atoms with van der Waals surface area (Å²) in [5.74, 6) is -0.559. The lowest BCUT2D eigenvalue weighted by atomic mass is 10.1. The molecule has 1 N–H and O–H groups in total. The maximum atomic E-state index is 12.6. The van der Waals surface area contributed by atoms with Crippen LogP contribution in [0.1, 0.15) is 34.7 Å². The molecule has 0 aromatic carbocycles. The van der Waals surface area contributed by atoms with E-state index in [0.29, 0.717) is 0 Å². The van der Waals surface area contributed by atoms with Crippen molar-refractivity contribution in [2.24, 2.45) is 0 Å². The van der Waals surface area contributed by atoms with Crippen molar-refractivity contribution in [2.75, 3.05) is 6.67 Å². The van der Waals surface area contributed by atoms with Gasteiger partial charge in [0.2, 0.25) is 0 Å². The van der Waals surface area contributed by atoms with Gasteiger partial charge < -0.3 is 5.32 Å². The van der Waals surface area contributed by atoms with Crippen LogP contribution in [-0.4, -0.2) is 27.3 Å². The Kier molecular flexibility index (Phi) is 5.43. The van der Waals surface area contributed by atoms with Crippen LogP contribution >= 0.6 is 11.6 Å². The number of aryl methyl sites for hydroxylation is 1. The Balaban J connectivity index is 2.11. The van der Waals surface area contributed by atoms with Gasteiger partial charge in [-0.1, -0.05) is 17.7 Å². The largest absolute Gasteiger partial charge is 0.433 e. The molecular weight excluding hydrogens is 352 g/mol. The van der Waals surface area contributed by atoms with Gasteiger partial charge in [-0.2, -0.15) is 18.3 Å². The van der Waals surface area contributed by atoms with Gasteiger partial charge in [-0.15, -0.1) is 0 Å². The first-order valence-corrected chi connectivity index (χ1v) is 7.24. The van der Waals surface area contributed by atoms with Crippen LogP contribution in [0.3, 0.4) is 0 Å². The smallest absolute Gasteiger partial charge is 0.344 e. The number of nitrogens with zero attached hydrogens (tertiary/aromatic N) is 3. The van der Waals surface area contributed by atoms with E-state index in [0.717, 1.165) is 12.1 Å². The number of carbonyl (C=O) groups is 1. The minimum absolute atomic E-state index is 0.0253. The third-order valence-corrected chi connectivity index (χ3v) is 3.47. The highest BCUT2D eigenvalue weighted by atomic mass is 35.5. The summed E-state index contributed by atoms with van der Waals surface area (Å²) in [6, 6.07) is 2.67. The molecule has 1 amide bonds. The number of hydrogen-bond acceptors (Lipinski definition) is 3. The minimum Gasteiger partial charge on any atom is -0.344 e. The van der Waals surface area contributed by atoms with Gasteiger partial charge in [-0.25, -0.2) is 9.37 Å². The minimum atomic E-state index is -4.60. The van der Waals surface area contributed by atoms with Crippen LogP contribution in [0.25, 0.3) is 0 Å². The Hall–Kier alpha value is -2.16. The standard InChI is InChI=1S/C14H13ClF4N4O/c1-8(9-2-3-11(14(17,18)19)21-12(9)15)20-13(24)10-4-6-23(22-10)7-5-16/h2-4,6,8H,5,7H2,1H3,(H,20,24). The molecule has 2 rings (SSSR count). The highest BCUT2D eigenvalue weighted by molar-refractivity contribution is 6.30. The topological polar surface area (TPSA) is 59.8 Å². The van der Waals surface area contributed by atoms with Gasteiger partial charge in [0.25, 0.3) is 5.91 Å². The lowest BCUT2D eigenvalue weighted by Crippen LogP contribution is -2.27. The summed E-state index contributed by atoms with van der Waals surface area (Å²) in [4.78, 5) is 15.4. The molecule has 2 heterocycles. The van der Waals surface area contributed by atoms with E-state index in [1.807, 2.05) is 0 Å². The summed E-state index contributed by atoms with van der Waals surface area (Å²) in [6.07, 6.45) is -3.15. The first-order chi connectivity index (χ1) is 11.2. The second-order valence-corrected chi connectivity index (χ2v) is 5.28. The maximum absolute atomic E-state index is 12.6. The monoisotopic (exact) mass is 364 g/mol. The Bertz CT molecular complexity index is 732. The molecule has 2 aromatic rings. The van der Waals surface area contributed by atoms with Crippen molar-refractivity contribution < 1.29 is 22.4 Å². The van der Waals surface area contributed by atoms with Gasteiger partial charge in [-0.05, 0) is 19.1 Å². The van der Waals surface area contributed by atoms with E-state index in [2.05, 4.69) is 15.4 Å². The van der Waals surface area contributed by atoms with E-state index in [-0.39, 0.29) is 23.0 Å². The second kappa shape index (κ2) is 7.16. The fourth-order valence-electron chi connectivity index (χ4n) is 1.97. The predicted molar refractivity (Wildman–Crippen MR) is 78.3 cm³/mol. The Labute approximate surface area is 139 Å². The van der Waals surface area contributed by atoms with E-state index in [9.17, 15) is 22.4 Å². The molecule has 130 valence electrons. The van der Waals surface area contributed by atoms with Crippen molar-refractivity contribution >= 4 is 17.5 Å². The van der Waals surface area contributed by atoms with E-state index >= 15 is 0 Å². The third kappa shape index (κ3) is 4.22. The molecule has 0 aliphatic carbocycles. The number of nitrogens with one attached hydrogen (secondary N) is 1. The zero-order chi connectivity index (χ0) is 17.9. The number of pyridine rings is 1. The Morgan fingerprint density at radius 2 is 2.08 bits per heavy atom. The molecule has 1 unspecified atom stereocenters. The van der Waals surface area contributed by atoms with E-state index in [1.165, 1.54) is 16.9 Å². The predicted octanol–water partition coefficient (Wildman–Crippen LogP) is 3.41. The molecule has 24 heavy (non-hydrogen) atoms. The maximum Gasteiger partial charge on any atom is 0.433 e. The molecule has 0 aliphatic heterocycles. The lowest BCUT2D eigenvalue weighted by Gasteiger charge is -2.16. The highest BCUT2D eigenvalue weighted by Crippen LogP contribution is 2.31. The van der Waals surface area contributed by atoms with Gasteiger partial charge in [0.1, 0.15) is 23.2 Å². The average molecular weight is 365 g/mol. The first kappa shape index (κ1) is 18.2. The van der Waals surface area contributed by atoms with E-state index in [1.54, 1.807) is 6.92 Å². The molecule has 0 saturated heterocycles. The molecule has 10 heteroatoms.